The van der Waals surface area contributed by atoms with Crippen molar-refractivity contribution >= 4 is 17.7 Å². The molecule has 0 saturated heterocycles. The number of nitrogens with two attached hydrogens (primary N) is 1. The maximum atomic E-state index is 11.4. The molecule has 1 rings (SSSR count). The molecule has 1 aromatic carbocycles. The van der Waals surface area contributed by atoms with E-state index in [9.17, 15) is 4.79 Å². The smallest absolute Gasteiger partial charge is 0.335 e. The van der Waals surface area contributed by atoms with E-state index in [2.05, 4.69) is 6.58 Å². The predicted molar refractivity (Wildman–Crippen MR) is 71.5 cm³/mol. The number of esters is 1. The van der Waals surface area contributed by atoms with Gasteiger partial charge in [-0.05, 0) is 12.5 Å². The lowest BCUT2D eigenvalue weighted by atomic mass is 10.2. The Hall–Kier alpha value is -1.26. The highest BCUT2D eigenvalue weighted by Crippen LogP contribution is 2.19. The second-order valence-electron chi connectivity index (χ2n) is 3.46. The summed E-state index contributed by atoms with van der Waals surface area (Å²) in [7, 11) is 0. The Balaban J connectivity index is 2.42. The molecule has 0 radical (unpaired) electrons. The van der Waals surface area contributed by atoms with E-state index in [-0.39, 0.29) is 0 Å². The van der Waals surface area contributed by atoms with Crippen LogP contribution >= 0.6 is 11.8 Å². The van der Waals surface area contributed by atoms with Gasteiger partial charge in [0.25, 0.3) is 0 Å². The quantitative estimate of drug-likeness (QED) is 0.479. The molecule has 0 aliphatic carbocycles. The minimum atomic E-state index is -0.422. The van der Waals surface area contributed by atoms with Gasteiger partial charge in [-0.25, -0.2) is 4.79 Å². The van der Waals surface area contributed by atoms with Crippen molar-refractivity contribution in [2.24, 2.45) is 5.73 Å². The highest BCUT2D eigenvalue weighted by molar-refractivity contribution is 7.99. The van der Waals surface area contributed by atoms with Crippen LogP contribution in [0, 0.1) is 0 Å². The number of benzene rings is 1. The monoisotopic (exact) mass is 251 g/mol. The minimum Gasteiger partial charge on any atom is -0.463 e. The van der Waals surface area contributed by atoms with E-state index in [4.69, 9.17) is 10.5 Å². The second-order valence-corrected chi connectivity index (χ2v) is 4.59. The molecule has 3 nitrogen and oxygen atoms in total. The van der Waals surface area contributed by atoms with Crippen LogP contribution < -0.4 is 5.73 Å². The van der Waals surface area contributed by atoms with Crippen LogP contribution in [0.4, 0.5) is 0 Å². The van der Waals surface area contributed by atoms with Gasteiger partial charge in [-0.15, -0.1) is 11.8 Å². The zero-order valence-corrected chi connectivity index (χ0v) is 10.7. The minimum absolute atomic E-state index is 0.313. The summed E-state index contributed by atoms with van der Waals surface area (Å²) in [6, 6.07) is 9.95. The molecular formula is C13H17NO2S. The van der Waals surface area contributed by atoms with Crippen LogP contribution in [-0.2, 0) is 15.3 Å². The van der Waals surface area contributed by atoms with Gasteiger partial charge in [0.2, 0.25) is 0 Å². The average molecular weight is 251 g/mol. The fourth-order valence-electron chi connectivity index (χ4n) is 1.20. The second kappa shape index (κ2) is 7.14. The fourth-order valence-corrected chi connectivity index (χ4v) is 2.06. The topological polar surface area (TPSA) is 52.3 Å². The van der Waals surface area contributed by atoms with E-state index in [1.807, 2.05) is 30.3 Å². The lowest BCUT2D eigenvalue weighted by Crippen LogP contribution is -2.24. The van der Waals surface area contributed by atoms with E-state index in [1.165, 1.54) is 17.3 Å². The van der Waals surface area contributed by atoms with Gasteiger partial charge in [0.05, 0.1) is 17.6 Å². The summed E-state index contributed by atoms with van der Waals surface area (Å²) in [6.07, 6.45) is 0. The summed E-state index contributed by atoms with van der Waals surface area (Å²) < 4.78 is 4.85. The Bertz CT molecular complexity index is 378. The molecule has 2 N–H and O–H groups in total. The third-order valence-electron chi connectivity index (χ3n) is 2.15. The van der Waals surface area contributed by atoms with E-state index in [0.29, 0.717) is 12.2 Å². The van der Waals surface area contributed by atoms with Crippen LogP contribution in [0.1, 0.15) is 12.5 Å². The number of rotatable bonds is 6. The molecule has 1 unspecified atom stereocenters. The molecule has 17 heavy (non-hydrogen) atoms. The van der Waals surface area contributed by atoms with Crippen LogP contribution in [0.25, 0.3) is 0 Å². The summed E-state index contributed by atoms with van der Waals surface area (Å²) in [4.78, 5) is 11.4. The Morgan fingerprint density at radius 2 is 2.12 bits per heavy atom. The highest BCUT2D eigenvalue weighted by atomic mass is 32.2. The number of hydrogen-bond donors (Lipinski definition) is 1. The standard InChI is InChI=1S/C13H17NO2S/c1-3-16-13(15)10(2)12(14)17-9-11-7-5-4-6-8-11/h4-8,12H,2-3,9,14H2,1H3. The Morgan fingerprint density at radius 1 is 1.47 bits per heavy atom. The number of carbonyl (C=O) groups is 1. The molecule has 92 valence electrons. The van der Waals surface area contributed by atoms with Crippen molar-refractivity contribution in [1.29, 1.82) is 0 Å². The van der Waals surface area contributed by atoms with Crippen LogP contribution in [0.3, 0.4) is 0 Å². The fraction of sp³-hybridized carbons (Fsp3) is 0.308. The lowest BCUT2D eigenvalue weighted by Gasteiger charge is -2.13. The normalized spacial score (nSPS) is 11.9. The van der Waals surface area contributed by atoms with Crippen LogP contribution in [0.5, 0.6) is 0 Å². The third kappa shape index (κ3) is 4.63. The van der Waals surface area contributed by atoms with Crippen LogP contribution in [0.15, 0.2) is 42.5 Å². The van der Waals surface area contributed by atoms with Gasteiger partial charge in [-0.2, -0.15) is 0 Å². The van der Waals surface area contributed by atoms with Gasteiger partial charge in [0.1, 0.15) is 0 Å². The molecular weight excluding hydrogens is 234 g/mol. The first-order valence-corrected chi connectivity index (χ1v) is 6.47. The van der Waals surface area contributed by atoms with Crippen molar-refractivity contribution in [2.45, 2.75) is 18.1 Å². The van der Waals surface area contributed by atoms with Gasteiger partial charge in [-0.1, -0.05) is 36.9 Å². The van der Waals surface area contributed by atoms with Gasteiger partial charge in [0, 0.05) is 5.75 Å². The summed E-state index contributed by atoms with van der Waals surface area (Å²) in [5.41, 5.74) is 7.34. The number of ether oxygens (including phenoxy) is 1. The molecule has 0 bridgehead atoms. The average Bonchev–Trinajstić information content (AvgIpc) is 2.36. The molecule has 0 saturated carbocycles. The van der Waals surface area contributed by atoms with E-state index >= 15 is 0 Å². The first-order valence-electron chi connectivity index (χ1n) is 5.42. The number of carbonyl (C=O) groups excluding carboxylic acids is 1. The van der Waals surface area contributed by atoms with E-state index in [1.54, 1.807) is 6.92 Å². The Labute approximate surface area is 106 Å². The van der Waals surface area contributed by atoms with Gasteiger partial charge < -0.3 is 10.5 Å². The zero-order chi connectivity index (χ0) is 12.7. The molecule has 1 atom stereocenters. The molecule has 0 heterocycles. The Kier molecular flexibility index (Phi) is 5.80. The van der Waals surface area contributed by atoms with Gasteiger partial charge >= 0.3 is 5.97 Å². The molecule has 0 aliphatic rings. The van der Waals surface area contributed by atoms with Gasteiger partial charge in [-0.3, -0.25) is 0 Å². The SMILES string of the molecule is C=C(C(=O)OCC)C(N)SCc1ccccc1. The van der Waals surface area contributed by atoms with Gasteiger partial charge in [0.15, 0.2) is 0 Å². The predicted octanol–water partition coefficient (Wildman–Crippen LogP) is 2.32. The maximum absolute atomic E-state index is 11.4. The number of hydrogen-bond acceptors (Lipinski definition) is 4. The first kappa shape index (κ1) is 13.8. The number of thioether (sulfide) groups is 1. The molecule has 0 aliphatic heterocycles. The van der Waals surface area contributed by atoms with Crippen molar-refractivity contribution in [3.8, 4) is 0 Å². The molecule has 0 amide bonds. The first-order chi connectivity index (χ1) is 8.15. The molecule has 1 aromatic rings. The lowest BCUT2D eigenvalue weighted by molar-refractivity contribution is -0.138. The van der Waals surface area contributed by atoms with Crippen LogP contribution in [0.2, 0.25) is 0 Å². The Morgan fingerprint density at radius 3 is 2.71 bits per heavy atom. The molecule has 4 heteroatoms. The molecule has 0 aromatic heterocycles. The summed E-state index contributed by atoms with van der Waals surface area (Å²) in [5.74, 6) is 0.334. The van der Waals surface area contributed by atoms with Crippen molar-refractivity contribution in [3.05, 3.63) is 48.0 Å². The largest absolute Gasteiger partial charge is 0.463 e. The highest BCUT2D eigenvalue weighted by Gasteiger charge is 2.16. The third-order valence-corrected chi connectivity index (χ3v) is 3.30. The summed E-state index contributed by atoms with van der Waals surface area (Å²) in [5, 5.41) is -0.422. The van der Waals surface area contributed by atoms with Crippen molar-refractivity contribution in [3.63, 3.8) is 0 Å². The van der Waals surface area contributed by atoms with Crippen molar-refractivity contribution < 1.29 is 9.53 Å². The summed E-state index contributed by atoms with van der Waals surface area (Å²) in [6.45, 7) is 5.76. The summed E-state index contributed by atoms with van der Waals surface area (Å²) >= 11 is 1.47. The van der Waals surface area contributed by atoms with Crippen LogP contribution in [-0.4, -0.2) is 18.0 Å². The zero-order valence-electron chi connectivity index (χ0n) is 9.89. The molecule has 0 spiro atoms. The molecule has 0 fully saturated rings. The maximum Gasteiger partial charge on any atom is 0.335 e. The van der Waals surface area contributed by atoms with Crippen molar-refractivity contribution in [2.75, 3.05) is 6.61 Å². The van der Waals surface area contributed by atoms with Crippen molar-refractivity contribution in [1.82, 2.24) is 0 Å². The van der Waals surface area contributed by atoms with E-state index in [0.717, 1.165) is 5.75 Å². The van der Waals surface area contributed by atoms with E-state index < -0.39 is 11.3 Å².